The number of halogens is 1. The Labute approximate surface area is 141 Å². The van der Waals surface area contributed by atoms with Crippen molar-refractivity contribution in [3.05, 3.63) is 53.9 Å². The summed E-state index contributed by atoms with van der Waals surface area (Å²) in [6.07, 6.45) is 6.53. The molecule has 6 heteroatoms. The van der Waals surface area contributed by atoms with E-state index in [4.69, 9.17) is 0 Å². The van der Waals surface area contributed by atoms with E-state index in [1.807, 2.05) is 16.4 Å². The Balaban J connectivity index is 1.68. The van der Waals surface area contributed by atoms with Crippen molar-refractivity contribution in [1.29, 1.82) is 0 Å². The maximum atomic E-state index is 13.2. The number of urea groups is 1. The number of nitrogens with zero attached hydrogens (tertiary/aromatic N) is 3. The van der Waals surface area contributed by atoms with E-state index >= 15 is 0 Å². The highest BCUT2D eigenvalue weighted by molar-refractivity contribution is 5.74. The molecule has 128 valence electrons. The number of likely N-dealkylation sites (tertiary alicyclic amines) is 1. The van der Waals surface area contributed by atoms with Gasteiger partial charge in [0.25, 0.3) is 0 Å². The number of benzene rings is 1. The average Bonchev–Trinajstić information content (AvgIpc) is 3.08. The number of hydrogen-bond acceptors (Lipinski definition) is 2. The summed E-state index contributed by atoms with van der Waals surface area (Å²) in [4.78, 5) is 18.6. The van der Waals surface area contributed by atoms with Gasteiger partial charge in [-0.25, -0.2) is 14.2 Å². The lowest BCUT2D eigenvalue weighted by Crippen LogP contribution is -2.44. The molecule has 1 aliphatic rings. The number of hydrogen-bond donors (Lipinski definition) is 1. The van der Waals surface area contributed by atoms with Gasteiger partial charge in [0.2, 0.25) is 0 Å². The van der Waals surface area contributed by atoms with Crippen molar-refractivity contribution in [2.75, 3.05) is 6.54 Å². The lowest BCUT2D eigenvalue weighted by Gasteiger charge is -2.36. The quantitative estimate of drug-likeness (QED) is 0.933. The molecule has 1 unspecified atom stereocenters. The van der Waals surface area contributed by atoms with Crippen molar-refractivity contribution in [2.45, 2.75) is 45.3 Å². The first-order chi connectivity index (χ1) is 11.7. The van der Waals surface area contributed by atoms with Crippen molar-refractivity contribution >= 4 is 6.03 Å². The van der Waals surface area contributed by atoms with Gasteiger partial charge in [0.05, 0.1) is 24.6 Å². The van der Waals surface area contributed by atoms with Crippen molar-refractivity contribution in [3.8, 4) is 0 Å². The van der Waals surface area contributed by atoms with Gasteiger partial charge in [-0.3, -0.25) is 0 Å². The summed E-state index contributed by atoms with van der Waals surface area (Å²) in [7, 11) is 0. The minimum atomic E-state index is -0.251. The van der Waals surface area contributed by atoms with Crippen LogP contribution in [0, 0.1) is 5.82 Å². The Morgan fingerprint density at radius 2 is 2.12 bits per heavy atom. The third-order valence-electron chi connectivity index (χ3n) is 4.58. The molecule has 24 heavy (non-hydrogen) atoms. The summed E-state index contributed by atoms with van der Waals surface area (Å²) in [5.41, 5.74) is 1.98. The highest BCUT2D eigenvalue weighted by Crippen LogP contribution is 2.30. The minimum absolute atomic E-state index is 0.00966. The van der Waals surface area contributed by atoms with Crippen LogP contribution in [-0.4, -0.2) is 27.0 Å². The molecule has 0 bridgehead atoms. The highest BCUT2D eigenvalue weighted by atomic mass is 19.1. The maximum absolute atomic E-state index is 13.2. The van der Waals surface area contributed by atoms with Crippen LogP contribution in [-0.2, 0) is 13.1 Å². The first kappa shape index (κ1) is 16.5. The van der Waals surface area contributed by atoms with Gasteiger partial charge < -0.3 is 14.8 Å². The van der Waals surface area contributed by atoms with E-state index in [9.17, 15) is 9.18 Å². The SMILES string of the molecule is CCn1cncc1CNC(=O)N1CCCCC1c1ccc(F)cc1. The summed E-state index contributed by atoms with van der Waals surface area (Å²) in [5.74, 6) is -0.251. The standard InChI is InChI=1S/C18H23FN4O/c1-2-22-13-20-11-16(22)12-21-18(24)23-10-4-3-5-17(23)14-6-8-15(19)9-7-14/h6-9,11,13,17H,2-5,10,12H2,1H3,(H,21,24). The van der Waals surface area contributed by atoms with Crippen molar-refractivity contribution < 1.29 is 9.18 Å². The molecule has 2 aromatic rings. The van der Waals surface area contributed by atoms with Crippen molar-refractivity contribution in [1.82, 2.24) is 19.8 Å². The fourth-order valence-corrected chi connectivity index (χ4v) is 3.25. The minimum Gasteiger partial charge on any atom is -0.333 e. The molecule has 1 fully saturated rings. The Hall–Kier alpha value is -2.37. The van der Waals surface area contributed by atoms with Crippen molar-refractivity contribution in [2.24, 2.45) is 0 Å². The van der Waals surface area contributed by atoms with Crippen LogP contribution in [0.5, 0.6) is 0 Å². The molecular weight excluding hydrogens is 307 g/mol. The second-order valence-corrected chi connectivity index (χ2v) is 6.09. The van der Waals surface area contributed by atoms with Crippen LogP contribution in [0.4, 0.5) is 9.18 Å². The van der Waals surface area contributed by atoms with Crippen LogP contribution in [0.3, 0.4) is 0 Å². The zero-order valence-electron chi connectivity index (χ0n) is 13.9. The van der Waals surface area contributed by atoms with Crippen LogP contribution in [0.2, 0.25) is 0 Å². The summed E-state index contributed by atoms with van der Waals surface area (Å²) < 4.78 is 15.2. The molecule has 1 aromatic carbocycles. The number of nitrogens with one attached hydrogen (secondary N) is 1. The number of aromatic nitrogens is 2. The maximum Gasteiger partial charge on any atom is 0.318 e. The number of carbonyl (C=O) groups excluding carboxylic acids is 1. The first-order valence-electron chi connectivity index (χ1n) is 8.48. The number of carbonyl (C=O) groups is 1. The van der Waals surface area contributed by atoms with Gasteiger partial charge in [0.1, 0.15) is 5.82 Å². The molecule has 1 aromatic heterocycles. The fourth-order valence-electron chi connectivity index (χ4n) is 3.25. The third kappa shape index (κ3) is 3.58. The van der Waals surface area contributed by atoms with E-state index in [1.54, 1.807) is 24.7 Å². The summed E-state index contributed by atoms with van der Waals surface area (Å²) in [5, 5.41) is 2.99. The molecule has 0 radical (unpaired) electrons. The van der Waals surface area contributed by atoms with E-state index in [1.165, 1.54) is 12.1 Å². The van der Waals surface area contributed by atoms with Crippen LogP contribution < -0.4 is 5.32 Å². The zero-order valence-corrected chi connectivity index (χ0v) is 13.9. The highest BCUT2D eigenvalue weighted by Gasteiger charge is 2.27. The van der Waals surface area contributed by atoms with Gasteiger partial charge in [-0.15, -0.1) is 0 Å². The first-order valence-corrected chi connectivity index (χ1v) is 8.48. The van der Waals surface area contributed by atoms with Gasteiger partial charge in [-0.2, -0.15) is 0 Å². The molecule has 1 aliphatic heterocycles. The Bertz CT molecular complexity index is 683. The lowest BCUT2D eigenvalue weighted by molar-refractivity contribution is 0.151. The van der Waals surface area contributed by atoms with Gasteiger partial charge in [0, 0.05) is 19.3 Å². The molecule has 2 amide bonds. The molecule has 1 atom stereocenters. The van der Waals surface area contributed by atoms with E-state index < -0.39 is 0 Å². The Morgan fingerprint density at radius 1 is 1.33 bits per heavy atom. The van der Waals surface area contributed by atoms with Gasteiger partial charge in [-0.05, 0) is 43.9 Å². The van der Waals surface area contributed by atoms with Gasteiger partial charge >= 0.3 is 6.03 Å². The molecular formula is C18H23FN4O. The number of amides is 2. The molecule has 2 heterocycles. The molecule has 3 rings (SSSR count). The van der Waals surface area contributed by atoms with E-state index in [2.05, 4.69) is 10.3 Å². The fraction of sp³-hybridized carbons (Fsp3) is 0.444. The third-order valence-corrected chi connectivity index (χ3v) is 4.58. The molecule has 0 saturated carbocycles. The number of imidazole rings is 1. The van der Waals surface area contributed by atoms with E-state index in [0.29, 0.717) is 6.54 Å². The Morgan fingerprint density at radius 3 is 2.88 bits per heavy atom. The summed E-state index contributed by atoms with van der Waals surface area (Å²) in [6, 6.07) is 6.40. The predicted molar refractivity (Wildman–Crippen MR) is 89.8 cm³/mol. The van der Waals surface area contributed by atoms with Crippen LogP contribution in [0.1, 0.15) is 43.5 Å². The van der Waals surface area contributed by atoms with Crippen LogP contribution in [0.25, 0.3) is 0 Å². The number of aryl methyl sites for hydroxylation is 1. The van der Waals surface area contributed by atoms with Crippen LogP contribution >= 0.6 is 0 Å². The van der Waals surface area contributed by atoms with Gasteiger partial charge in [-0.1, -0.05) is 12.1 Å². The summed E-state index contributed by atoms with van der Waals surface area (Å²) >= 11 is 0. The molecule has 0 spiro atoms. The average molecular weight is 330 g/mol. The second kappa shape index (κ2) is 7.47. The normalized spacial score (nSPS) is 17.8. The molecule has 1 N–H and O–H groups in total. The molecule has 1 saturated heterocycles. The van der Waals surface area contributed by atoms with E-state index in [-0.39, 0.29) is 17.9 Å². The topological polar surface area (TPSA) is 50.2 Å². The smallest absolute Gasteiger partial charge is 0.318 e. The number of piperidine rings is 1. The largest absolute Gasteiger partial charge is 0.333 e. The van der Waals surface area contributed by atoms with Crippen molar-refractivity contribution in [3.63, 3.8) is 0 Å². The lowest BCUT2D eigenvalue weighted by atomic mass is 9.95. The predicted octanol–water partition coefficient (Wildman–Crippen LogP) is 3.48. The van der Waals surface area contributed by atoms with E-state index in [0.717, 1.165) is 43.6 Å². The van der Waals surface area contributed by atoms with Crippen LogP contribution in [0.15, 0.2) is 36.8 Å². The van der Waals surface area contributed by atoms with Gasteiger partial charge in [0.15, 0.2) is 0 Å². The Kier molecular flexibility index (Phi) is 5.13. The molecule has 5 nitrogen and oxygen atoms in total. The molecule has 0 aliphatic carbocycles. The summed E-state index contributed by atoms with van der Waals surface area (Å²) in [6.45, 7) is 4.05. The monoisotopic (exact) mass is 330 g/mol. The zero-order chi connectivity index (χ0) is 16.9. The number of rotatable bonds is 4. The second-order valence-electron chi connectivity index (χ2n) is 6.09.